The number of benzene rings is 2. The fraction of sp³-hybridized carbons (Fsp3) is 0.188. The first-order valence-electron chi connectivity index (χ1n) is 6.27. The van der Waals surface area contributed by atoms with Crippen LogP contribution in [0.4, 0.5) is 0 Å². The zero-order valence-electron chi connectivity index (χ0n) is 11.1. The molecular weight excluding hydrogens is 320 g/mol. The quantitative estimate of drug-likeness (QED) is 0.612. The van der Waals surface area contributed by atoms with Gasteiger partial charge in [-0.2, -0.15) is 0 Å². The molecule has 2 rings (SSSR count). The highest BCUT2D eigenvalue weighted by molar-refractivity contribution is 9.10. The molecule has 0 saturated heterocycles. The zero-order chi connectivity index (χ0) is 14.4. The summed E-state index contributed by atoms with van der Waals surface area (Å²) in [6.45, 7) is 2.53. The van der Waals surface area contributed by atoms with Crippen molar-refractivity contribution < 1.29 is 14.3 Å². The van der Waals surface area contributed by atoms with Gasteiger partial charge in [-0.05, 0) is 43.3 Å². The summed E-state index contributed by atoms with van der Waals surface area (Å²) in [5, 5.41) is 0. The topological polar surface area (TPSA) is 35.5 Å². The molecule has 0 atom stereocenters. The first-order chi connectivity index (χ1) is 9.65. The summed E-state index contributed by atoms with van der Waals surface area (Å²) in [4.78, 5) is 11.7. The van der Waals surface area contributed by atoms with E-state index in [2.05, 4.69) is 15.9 Å². The van der Waals surface area contributed by atoms with Gasteiger partial charge in [0.15, 0.2) is 0 Å². The number of carbonyl (C=O) groups is 1. The number of rotatable bonds is 5. The van der Waals surface area contributed by atoms with E-state index in [9.17, 15) is 4.79 Å². The first-order valence-corrected chi connectivity index (χ1v) is 7.06. The van der Waals surface area contributed by atoms with E-state index in [1.54, 1.807) is 12.1 Å². The molecule has 0 spiro atoms. The summed E-state index contributed by atoms with van der Waals surface area (Å²) in [6.07, 6.45) is 0. The lowest BCUT2D eigenvalue weighted by Gasteiger charge is -2.07. The average Bonchev–Trinajstić information content (AvgIpc) is 2.46. The lowest BCUT2D eigenvalue weighted by molar-refractivity contribution is 0.0450. The van der Waals surface area contributed by atoms with E-state index in [-0.39, 0.29) is 12.6 Å². The third-order valence-corrected chi connectivity index (χ3v) is 3.21. The minimum Gasteiger partial charge on any atom is -0.490 e. The molecular formula is C16H15BrO3. The minimum absolute atomic E-state index is 0.225. The van der Waals surface area contributed by atoms with E-state index < -0.39 is 0 Å². The van der Waals surface area contributed by atoms with Gasteiger partial charge in [0.25, 0.3) is 0 Å². The Balaban J connectivity index is 1.74. The molecule has 0 amide bonds. The number of carbonyl (C=O) groups excluding carboxylic acids is 1. The molecule has 104 valence electrons. The number of ether oxygens (including phenoxy) is 2. The molecule has 3 nitrogen and oxygen atoms in total. The van der Waals surface area contributed by atoms with Crippen LogP contribution in [-0.2, 0) is 4.74 Å². The Bertz CT molecular complexity index is 561. The van der Waals surface area contributed by atoms with Crippen molar-refractivity contribution in [3.05, 3.63) is 64.1 Å². The van der Waals surface area contributed by atoms with Gasteiger partial charge in [-0.15, -0.1) is 0 Å². The van der Waals surface area contributed by atoms with Crippen molar-refractivity contribution in [1.82, 2.24) is 0 Å². The van der Waals surface area contributed by atoms with Crippen LogP contribution in [0, 0.1) is 6.92 Å². The summed E-state index contributed by atoms with van der Waals surface area (Å²) in [5.74, 6) is 0.420. The fourth-order valence-electron chi connectivity index (χ4n) is 1.60. The highest BCUT2D eigenvalue weighted by atomic mass is 79.9. The lowest BCUT2D eigenvalue weighted by Crippen LogP contribution is -2.12. The third kappa shape index (κ3) is 4.38. The molecule has 0 aliphatic heterocycles. The molecule has 0 saturated carbocycles. The normalized spacial score (nSPS) is 10.1. The molecule has 2 aromatic rings. The number of aryl methyl sites for hydroxylation is 1. The Morgan fingerprint density at radius 2 is 1.65 bits per heavy atom. The smallest absolute Gasteiger partial charge is 0.338 e. The van der Waals surface area contributed by atoms with Crippen LogP contribution in [0.3, 0.4) is 0 Å². The van der Waals surface area contributed by atoms with E-state index >= 15 is 0 Å². The van der Waals surface area contributed by atoms with E-state index in [4.69, 9.17) is 9.47 Å². The van der Waals surface area contributed by atoms with Gasteiger partial charge in [0.1, 0.15) is 19.0 Å². The molecule has 4 heteroatoms. The van der Waals surface area contributed by atoms with Crippen LogP contribution in [0.1, 0.15) is 15.9 Å². The first kappa shape index (κ1) is 14.6. The van der Waals surface area contributed by atoms with Crippen LogP contribution >= 0.6 is 15.9 Å². The second-order valence-electron chi connectivity index (χ2n) is 4.30. The number of hydrogen-bond acceptors (Lipinski definition) is 3. The molecule has 0 heterocycles. The molecule has 2 aromatic carbocycles. The van der Waals surface area contributed by atoms with Gasteiger partial charge in [-0.1, -0.05) is 33.6 Å². The lowest BCUT2D eigenvalue weighted by atomic mass is 10.1. The molecule has 0 unspecified atom stereocenters. The predicted octanol–water partition coefficient (Wildman–Crippen LogP) is 3.99. The standard InChI is InChI=1S/C16H15BrO3/c1-12-2-4-13(5-3-12)16(18)20-11-10-19-15-8-6-14(17)7-9-15/h2-9H,10-11H2,1H3. The zero-order valence-corrected chi connectivity index (χ0v) is 12.7. The van der Waals surface area contributed by atoms with Crippen molar-refractivity contribution in [1.29, 1.82) is 0 Å². The molecule has 0 aromatic heterocycles. The highest BCUT2D eigenvalue weighted by Gasteiger charge is 2.06. The Morgan fingerprint density at radius 1 is 1.00 bits per heavy atom. The molecule has 0 radical (unpaired) electrons. The molecule has 0 aliphatic rings. The molecule has 0 bridgehead atoms. The third-order valence-electron chi connectivity index (χ3n) is 2.69. The number of halogens is 1. The van der Waals surface area contributed by atoms with Gasteiger partial charge >= 0.3 is 5.97 Å². The van der Waals surface area contributed by atoms with Crippen LogP contribution in [0.15, 0.2) is 53.0 Å². The van der Waals surface area contributed by atoms with Crippen molar-refractivity contribution in [2.24, 2.45) is 0 Å². The van der Waals surface area contributed by atoms with E-state index in [1.165, 1.54) is 0 Å². The second-order valence-corrected chi connectivity index (χ2v) is 5.22. The van der Waals surface area contributed by atoms with Gasteiger partial charge in [0.2, 0.25) is 0 Å². The summed E-state index contributed by atoms with van der Waals surface area (Å²) in [5.41, 5.74) is 1.67. The maximum absolute atomic E-state index is 11.7. The monoisotopic (exact) mass is 334 g/mol. The van der Waals surface area contributed by atoms with E-state index in [1.807, 2.05) is 43.3 Å². The number of esters is 1. The Morgan fingerprint density at radius 3 is 2.30 bits per heavy atom. The molecule has 0 N–H and O–H groups in total. The van der Waals surface area contributed by atoms with Crippen molar-refractivity contribution in [3.63, 3.8) is 0 Å². The molecule has 0 aliphatic carbocycles. The predicted molar refractivity (Wildman–Crippen MR) is 81.1 cm³/mol. The van der Waals surface area contributed by atoms with Gasteiger partial charge in [0, 0.05) is 4.47 Å². The van der Waals surface area contributed by atoms with Crippen molar-refractivity contribution in [2.45, 2.75) is 6.92 Å². The van der Waals surface area contributed by atoms with Crippen molar-refractivity contribution in [2.75, 3.05) is 13.2 Å². The number of hydrogen-bond donors (Lipinski definition) is 0. The Hall–Kier alpha value is -1.81. The fourth-order valence-corrected chi connectivity index (χ4v) is 1.86. The van der Waals surface area contributed by atoms with Gasteiger partial charge in [-0.3, -0.25) is 0 Å². The summed E-state index contributed by atoms with van der Waals surface area (Å²) in [7, 11) is 0. The van der Waals surface area contributed by atoms with Crippen LogP contribution in [-0.4, -0.2) is 19.2 Å². The second kappa shape index (κ2) is 7.10. The highest BCUT2D eigenvalue weighted by Crippen LogP contribution is 2.15. The minimum atomic E-state index is -0.329. The Kier molecular flexibility index (Phi) is 5.18. The summed E-state index contributed by atoms with van der Waals surface area (Å²) < 4.78 is 11.6. The Labute approximate surface area is 126 Å². The average molecular weight is 335 g/mol. The SMILES string of the molecule is Cc1ccc(C(=O)OCCOc2ccc(Br)cc2)cc1. The maximum Gasteiger partial charge on any atom is 0.338 e. The largest absolute Gasteiger partial charge is 0.490 e. The van der Waals surface area contributed by atoms with Crippen LogP contribution in [0.5, 0.6) is 5.75 Å². The summed E-state index contributed by atoms with van der Waals surface area (Å²) >= 11 is 3.35. The molecule has 20 heavy (non-hydrogen) atoms. The van der Waals surface area contributed by atoms with Crippen LogP contribution < -0.4 is 4.74 Å². The van der Waals surface area contributed by atoms with Gasteiger partial charge in [0.05, 0.1) is 5.56 Å². The van der Waals surface area contributed by atoms with E-state index in [0.29, 0.717) is 12.2 Å². The summed E-state index contributed by atoms with van der Waals surface area (Å²) in [6, 6.07) is 14.8. The maximum atomic E-state index is 11.7. The van der Waals surface area contributed by atoms with E-state index in [0.717, 1.165) is 15.8 Å². The van der Waals surface area contributed by atoms with Crippen LogP contribution in [0.25, 0.3) is 0 Å². The van der Waals surface area contributed by atoms with Crippen molar-refractivity contribution in [3.8, 4) is 5.75 Å². The van der Waals surface area contributed by atoms with Crippen LogP contribution in [0.2, 0.25) is 0 Å². The van der Waals surface area contributed by atoms with Gasteiger partial charge < -0.3 is 9.47 Å². The van der Waals surface area contributed by atoms with Gasteiger partial charge in [-0.25, -0.2) is 4.79 Å². The molecule has 0 fully saturated rings. The van der Waals surface area contributed by atoms with Crippen molar-refractivity contribution >= 4 is 21.9 Å².